The molecule has 2 heterocycles. The molecule has 32 heavy (non-hydrogen) atoms. The molecular formula is C23H18N8O. The fraction of sp³-hybridized carbons (Fsp3) is 0.0870. The largest absolute Gasteiger partial charge is 0.495 e. The highest BCUT2D eigenvalue weighted by Gasteiger charge is 2.15. The minimum absolute atomic E-state index is 0.349. The normalized spacial score (nSPS) is 10.6. The second kappa shape index (κ2) is 8.86. The molecule has 0 saturated heterocycles. The Morgan fingerprint density at radius 3 is 2.62 bits per heavy atom. The van der Waals surface area contributed by atoms with Crippen molar-refractivity contribution in [1.82, 2.24) is 19.9 Å². The van der Waals surface area contributed by atoms with Crippen LogP contribution >= 0.6 is 0 Å². The van der Waals surface area contributed by atoms with Crippen molar-refractivity contribution in [2.75, 3.05) is 17.7 Å². The number of anilines is 4. The number of rotatable bonds is 6. The third-order valence-electron chi connectivity index (χ3n) is 4.69. The van der Waals surface area contributed by atoms with E-state index >= 15 is 0 Å². The molecule has 0 aliphatic heterocycles. The minimum atomic E-state index is 0.349. The van der Waals surface area contributed by atoms with Crippen molar-refractivity contribution in [3.05, 3.63) is 65.5 Å². The van der Waals surface area contributed by atoms with Gasteiger partial charge in [-0.3, -0.25) is 0 Å². The first-order valence-corrected chi connectivity index (χ1v) is 9.61. The Balaban J connectivity index is 1.71. The zero-order chi connectivity index (χ0) is 22.5. The smallest absolute Gasteiger partial charge is 0.231 e. The molecule has 4 rings (SSSR count). The number of aromatic nitrogens is 4. The molecule has 0 aliphatic carbocycles. The van der Waals surface area contributed by atoms with Gasteiger partial charge in [0.05, 0.1) is 36.8 Å². The number of aromatic amines is 1. The number of nitrogens with one attached hydrogen (secondary N) is 3. The molecule has 0 atom stereocenters. The van der Waals surface area contributed by atoms with Gasteiger partial charge in [-0.25, -0.2) is 4.98 Å². The van der Waals surface area contributed by atoms with E-state index in [9.17, 15) is 0 Å². The van der Waals surface area contributed by atoms with E-state index in [1.54, 1.807) is 43.8 Å². The van der Waals surface area contributed by atoms with Gasteiger partial charge in [-0.1, -0.05) is 0 Å². The number of benzene rings is 2. The lowest BCUT2D eigenvalue weighted by Gasteiger charge is -2.15. The van der Waals surface area contributed by atoms with Crippen molar-refractivity contribution in [2.45, 2.75) is 6.92 Å². The highest BCUT2D eigenvalue weighted by molar-refractivity contribution is 5.88. The van der Waals surface area contributed by atoms with E-state index < -0.39 is 0 Å². The molecular weight excluding hydrogens is 404 g/mol. The summed E-state index contributed by atoms with van der Waals surface area (Å²) < 4.78 is 5.57. The zero-order valence-electron chi connectivity index (χ0n) is 17.3. The predicted molar refractivity (Wildman–Crippen MR) is 122 cm³/mol. The molecule has 156 valence electrons. The molecule has 0 spiro atoms. The molecule has 0 radical (unpaired) electrons. The quantitative estimate of drug-likeness (QED) is 0.385. The number of ether oxygens (including phenoxy) is 1. The minimum Gasteiger partial charge on any atom is -0.495 e. The maximum Gasteiger partial charge on any atom is 0.231 e. The third kappa shape index (κ3) is 4.18. The number of hydrogen-bond acceptors (Lipinski definition) is 8. The maximum atomic E-state index is 8.97. The van der Waals surface area contributed by atoms with Gasteiger partial charge in [-0.15, -0.1) is 0 Å². The van der Waals surface area contributed by atoms with Gasteiger partial charge in [0.1, 0.15) is 11.3 Å². The molecule has 4 aromatic rings. The molecule has 9 nitrogen and oxygen atoms in total. The van der Waals surface area contributed by atoms with E-state index in [4.69, 9.17) is 15.3 Å². The van der Waals surface area contributed by atoms with Crippen molar-refractivity contribution < 1.29 is 4.74 Å². The number of hydrogen-bond donors (Lipinski definition) is 3. The second-order valence-electron chi connectivity index (χ2n) is 6.81. The molecule has 0 aliphatic rings. The second-order valence-corrected chi connectivity index (χ2v) is 6.81. The summed E-state index contributed by atoms with van der Waals surface area (Å²) in [7, 11) is 1.58. The summed E-state index contributed by atoms with van der Waals surface area (Å²) in [5.41, 5.74) is 4.94. The maximum absolute atomic E-state index is 8.97. The molecule has 0 unspecified atom stereocenters. The van der Waals surface area contributed by atoms with Crippen LogP contribution in [0, 0.1) is 29.6 Å². The van der Waals surface area contributed by atoms with Crippen molar-refractivity contribution in [3.8, 4) is 17.9 Å². The first-order valence-electron chi connectivity index (χ1n) is 9.61. The Hall–Kier alpha value is -4.89. The molecule has 0 fully saturated rings. The predicted octanol–water partition coefficient (Wildman–Crippen LogP) is 4.57. The number of fused-ring (bicyclic) bond motifs is 1. The summed E-state index contributed by atoms with van der Waals surface area (Å²) in [6.07, 6.45) is 4.69. The lowest BCUT2D eigenvalue weighted by atomic mass is 10.1. The monoisotopic (exact) mass is 422 g/mol. The van der Waals surface area contributed by atoms with Gasteiger partial charge in [0.2, 0.25) is 5.95 Å². The number of allylic oxidation sites excluding steroid dienone is 1. The van der Waals surface area contributed by atoms with Crippen LogP contribution in [-0.2, 0) is 0 Å². The number of nitrogens with zero attached hydrogens (tertiary/aromatic N) is 5. The van der Waals surface area contributed by atoms with Crippen LogP contribution in [0.1, 0.15) is 16.7 Å². The van der Waals surface area contributed by atoms with E-state index in [1.807, 2.05) is 25.1 Å². The van der Waals surface area contributed by atoms with Gasteiger partial charge in [-0.2, -0.15) is 20.5 Å². The molecule has 0 amide bonds. The van der Waals surface area contributed by atoms with Crippen molar-refractivity contribution in [3.63, 3.8) is 0 Å². The SMILES string of the molecule is COc1cc(C=CC#N)cc(C)c1Nc1nc(Nc2ccc(C#N)cc2)nc2nc[nH]c12. The third-order valence-corrected chi connectivity index (χ3v) is 4.69. The Bertz CT molecular complexity index is 1390. The lowest BCUT2D eigenvalue weighted by molar-refractivity contribution is 0.416. The van der Waals surface area contributed by atoms with Gasteiger partial charge in [-0.05, 0) is 60.5 Å². The van der Waals surface area contributed by atoms with Crippen LogP contribution in [0.15, 0.2) is 48.8 Å². The van der Waals surface area contributed by atoms with Crippen LogP contribution < -0.4 is 15.4 Å². The molecule has 0 saturated carbocycles. The Morgan fingerprint density at radius 2 is 1.91 bits per heavy atom. The van der Waals surface area contributed by atoms with E-state index in [0.29, 0.717) is 34.2 Å². The van der Waals surface area contributed by atoms with Crippen molar-refractivity contribution >= 4 is 40.4 Å². The van der Waals surface area contributed by atoms with Gasteiger partial charge in [0.25, 0.3) is 0 Å². The number of aryl methyl sites for hydroxylation is 1. The van der Waals surface area contributed by atoms with E-state index in [-0.39, 0.29) is 0 Å². The highest BCUT2D eigenvalue weighted by atomic mass is 16.5. The van der Waals surface area contributed by atoms with Crippen LogP contribution in [0.4, 0.5) is 23.1 Å². The van der Waals surface area contributed by atoms with Crippen LogP contribution in [0.25, 0.3) is 17.2 Å². The van der Waals surface area contributed by atoms with Crippen LogP contribution in [0.3, 0.4) is 0 Å². The molecule has 9 heteroatoms. The zero-order valence-corrected chi connectivity index (χ0v) is 17.3. The molecule has 3 N–H and O–H groups in total. The Labute approximate surface area is 184 Å². The first kappa shape index (κ1) is 20.4. The fourth-order valence-electron chi connectivity index (χ4n) is 3.19. The van der Waals surface area contributed by atoms with Gasteiger partial charge >= 0.3 is 0 Å². The summed E-state index contributed by atoms with van der Waals surface area (Å²) in [4.78, 5) is 16.4. The summed E-state index contributed by atoms with van der Waals surface area (Å²) in [5, 5.41) is 24.2. The first-order chi connectivity index (χ1) is 15.6. The average molecular weight is 422 g/mol. The number of nitriles is 2. The average Bonchev–Trinajstić information content (AvgIpc) is 3.28. The fourth-order valence-corrected chi connectivity index (χ4v) is 3.19. The lowest BCUT2D eigenvalue weighted by Crippen LogP contribution is -2.04. The molecule has 0 bridgehead atoms. The molecule has 2 aromatic heterocycles. The number of H-pyrrole nitrogens is 1. The van der Waals surface area contributed by atoms with Crippen molar-refractivity contribution in [1.29, 1.82) is 10.5 Å². The van der Waals surface area contributed by atoms with E-state index in [0.717, 1.165) is 22.5 Å². The summed E-state index contributed by atoms with van der Waals surface area (Å²) in [6, 6.07) is 14.9. The van der Waals surface area contributed by atoms with E-state index in [2.05, 4.69) is 36.6 Å². The Kier molecular flexibility index (Phi) is 5.64. The summed E-state index contributed by atoms with van der Waals surface area (Å²) in [6.45, 7) is 1.94. The van der Waals surface area contributed by atoms with Gasteiger partial charge < -0.3 is 20.4 Å². The number of imidazole rings is 1. The summed E-state index contributed by atoms with van der Waals surface area (Å²) >= 11 is 0. The van der Waals surface area contributed by atoms with E-state index in [1.165, 1.54) is 6.08 Å². The number of methoxy groups -OCH3 is 1. The molecule has 2 aromatic carbocycles. The van der Waals surface area contributed by atoms with Crippen LogP contribution in [-0.4, -0.2) is 27.0 Å². The standard InChI is InChI=1S/C23H18N8O/c1-14-10-16(4-3-9-24)11-18(32-2)19(14)29-22-20-21(27-13-26-20)30-23(31-22)28-17-7-5-15(12-25)6-8-17/h3-8,10-11,13H,1-2H3,(H3,26,27,28,29,30,31). The highest BCUT2D eigenvalue weighted by Crippen LogP contribution is 2.34. The van der Waals surface area contributed by atoms with Crippen LogP contribution in [0.2, 0.25) is 0 Å². The Morgan fingerprint density at radius 1 is 1.09 bits per heavy atom. The van der Waals surface area contributed by atoms with Gasteiger partial charge in [0, 0.05) is 11.8 Å². The van der Waals surface area contributed by atoms with Crippen LogP contribution in [0.5, 0.6) is 5.75 Å². The topological polar surface area (TPSA) is 135 Å². The van der Waals surface area contributed by atoms with Crippen molar-refractivity contribution in [2.24, 2.45) is 0 Å². The summed E-state index contributed by atoms with van der Waals surface area (Å²) in [5.74, 6) is 1.47. The van der Waals surface area contributed by atoms with Gasteiger partial charge in [0.15, 0.2) is 11.5 Å².